The van der Waals surface area contributed by atoms with Crippen molar-refractivity contribution in [2.45, 2.75) is 6.54 Å². The number of rotatable bonds is 5. The van der Waals surface area contributed by atoms with E-state index < -0.39 is 0 Å². The molecule has 11 heteroatoms. The first kappa shape index (κ1) is 13.2. The summed E-state index contributed by atoms with van der Waals surface area (Å²) in [5.74, 6) is 6.27. The van der Waals surface area contributed by atoms with Gasteiger partial charge in [-0.25, -0.2) is 10.8 Å². The SMILES string of the molecule is NNc1nc(NCc2csc(=O)[nH]2)nc(-n2ccnc2)n1. The molecule has 0 bridgehead atoms. The van der Waals surface area contributed by atoms with Gasteiger partial charge in [0.1, 0.15) is 6.33 Å². The molecule has 3 aromatic heterocycles. The van der Waals surface area contributed by atoms with Gasteiger partial charge in [-0.1, -0.05) is 11.3 Å². The van der Waals surface area contributed by atoms with Gasteiger partial charge in [-0.15, -0.1) is 0 Å². The van der Waals surface area contributed by atoms with Crippen molar-refractivity contribution in [3.63, 3.8) is 0 Å². The maximum absolute atomic E-state index is 11.1. The van der Waals surface area contributed by atoms with Crippen LogP contribution in [0.1, 0.15) is 5.69 Å². The van der Waals surface area contributed by atoms with E-state index in [0.29, 0.717) is 18.4 Å². The van der Waals surface area contributed by atoms with Crippen LogP contribution < -0.4 is 21.5 Å². The number of H-pyrrole nitrogens is 1. The second-order valence-electron chi connectivity index (χ2n) is 3.92. The number of thiazole rings is 1. The van der Waals surface area contributed by atoms with E-state index in [2.05, 4.69) is 35.7 Å². The minimum Gasteiger partial charge on any atom is -0.348 e. The minimum atomic E-state index is -0.106. The van der Waals surface area contributed by atoms with Crippen molar-refractivity contribution >= 4 is 23.2 Å². The largest absolute Gasteiger partial charge is 0.348 e. The normalized spacial score (nSPS) is 10.5. The van der Waals surface area contributed by atoms with E-state index in [0.717, 1.165) is 17.0 Å². The van der Waals surface area contributed by atoms with Gasteiger partial charge in [0.15, 0.2) is 0 Å². The molecule has 3 heterocycles. The smallest absolute Gasteiger partial charge is 0.304 e. The molecule has 0 saturated heterocycles. The number of hydrogen-bond donors (Lipinski definition) is 4. The topological polar surface area (TPSA) is 139 Å². The van der Waals surface area contributed by atoms with Crippen LogP contribution in [0.15, 0.2) is 28.9 Å². The summed E-state index contributed by atoms with van der Waals surface area (Å²) < 4.78 is 1.63. The van der Waals surface area contributed by atoms with Gasteiger partial charge in [0.05, 0.1) is 6.54 Å². The summed E-state index contributed by atoms with van der Waals surface area (Å²) >= 11 is 1.10. The second-order valence-corrected chi connectivity index (χ2v) is 4.77. The fourth-order valence-corrected chi connectivity index (χ4v) is 2.16. The third kappa shape index (κ3) is 3.04. The van der Waals surface area contributed by atoms with Crippen LogP contribution >= 0.6 is 11.3 Å². The first-order valence-electron chi connectivity index (χ1n) is 5.86. The number of nitrogen functional groups attached to an aromatic ring is 1. The van der Waals surface area contributed by atoms with Crippen molar-refractivity contribution in [2.24, 2.45) is 5.84 Å². The number of nitrogens with one attached hydrogen (secondary N) is 3. The molecule has 0 saturated carbocycles. The summed E-state index contributed by atoms with van der Waals surface area (Å²) in [6.45, 7) is 0.385. The molecule has 108 valence electrons. The molecule has 10 nitrogen and oxygen atoms in total. The molecule has 0 aliphatic carbocycles. The lowest BCUT2D eigenvalue weighted by atomic mass is 10.5. The Kier molecular flexibility index (Phi) is 3.57. The standard InChI is InChI=1S/C10H11N9OS/c11-18-8-15-7(13-3-6-4-21-10(20)14-6)16-9(17-8)19-2-1-12-5-19/h1-2,4-5H,3,11H2,(H,14,20)(H2,13,15,16,17,18). The van der Waals surface area contributed by atoms with E-state index in [1.807, 2.05) is 0 Å². The number of nitrogens with two attached hydrogens (primary N) is 1. The molecule has 0 aliphatic heterocycles. The third-order valence-electron chi connectivity index (χ3n) is 2.50. The van der Waals surface area contributed by atoms with Crippen LogP contribution in [0.25, 0.3) is 5.95 Å². The molecular weight excluding hydrogens is 294 g/mol. The number of nitrogens with zero attached hydrogens (tertiary/aromatic N) is 5. The van der Waals surface area contributed by atoms with E-state index >= 15 is 0 Å². The van der Waals surface area contributed by atoms with Crippen molar-refractivity contribution in [3.8, 4) is 5.95 Å². The lowest BCUT2D eigenvalue weighted by molar-refractivity contribution is 0.885. The number of hydrogen-bond acceptors (Lipinski definition) is 9. The highest BCUT2D eigenvalue weighted by atomic mass is 32.1. The van der Waals surface area contributed by atoms with Gasteiger partial charge < -0.3 is 10.3 Å². The number of hydrazine groups is 1. The van der Waals surface area contributed by atoms with E-state index in [9.17, 15) is 4.79 Å². The van der Waals surface area contributed by atoms with Crippen LogP contribution in [0.2, 0.25) is 0 Å². The fraction of sp³-hybridized carbons (Fsp3) is 0.100. The zero-order chi connectivity index (χ0) is 14.7. The Hall–Kier alpha value is -2.79. The first-order chi connectivity index (χ1) is 10.2. The maximum Gasteiger partial charge on any atom is 0.304 e. The molecule has 5 N–H and O–H groups in total. The Balaban J connectivity index is 1.84. The molecule has 0 unspecified atom stereocenters. The van der Waals surface area contributed by atoms with Crippen LogP contribution in [-0.2, 0) is 6.54 Å². The summed E-state index contributed by atoms with van der Waals surface area (Å²) in [6, 6.07) is 0. The highest BCUT2D eigenvalue weighted by Crippen LogP contribution is 2.09. The quantitative estimate of drug-likeness (QED) is 0.372. The van der Waals surface area contributed by atoms with Gasteiger partial charge in [-0.3, -0.25) is 14.8 Å². The van der Waals surface area contributed by atoms with Crippen molar-refractivity contribution in [1.82, 2.24) is 29.5 Å². The molecule has 0 radical (unpaired) electrons. The lowest BCUT2D eigenvalue weighted by Gasteiger charge is -2.07. The Morgan fingerprint density at radius 1 is 1.33 bits per heavy atom. The van der Waals surface area contributed by atoms with E-state index in [1.54, 1.807) is 28.7 Å². The highest BCUT2D eigenvalue weighted by Gasteiger charge is 2.07. The molecule has 0 aliphatic rings. The number of imidazole rings is 1. The zero-order valence-corrected chi connectivity index (χ0v) is 11.5. The molecule has 0 atom stereocenters. The van der Waals surface area contributed by atoms with Gasteiger partial charge in [-0.2, -0.15) is 15.0 Å². The van der Waals surface area contributed by atoms with Crippen molar-refractivity contribution in [2.75, 3.05) is 10.7 Å². The average Bonchev–Trinajstić information content (AvgIpc) is 3.16. The molecular formula is C10H11N9OS. The van der Waals surface area contributed by atoms with Gasteiger partial charge in [0.25, 0.3) is 0 Å². The Bertz CT molecular complexity index is 778. The Labute approximate surface area is 122 Å². The van der Waals surface area contributed by atoms with Crippen LogP contribution in [0.4, 0.5) is 11.9 Å². The monoisotopic (exact) mass is 305 g/mol. The Morgan fingerprint density at radius 3 is 2.86 bits per heavy atom. The van der Waals surface area contributed by atoms with Crippen molar-refractivity contribution in [3.05, 3.63) is 39.5 Å². The van der Waals surface area contributed by atoms with Gasteiger partial charge in [-0.05, 0) is 0 Å². The predicted octanol–water partition coefficient (Wildman–Crippen LogP) is -0.295. The summed E-state index contributed by atoms with van der Waals surface area (Å²) in [4.78, 5) is 30.1. The number of aromatic nitrogens is 6. The van der Waals surface area contributed by atoms with Crippen LogP contribution in [-0.4, -0.2) is 29.5 Å². The summed E-state index contributed by atoms with van der Waals surface area (Å²) in [5.41, 5.74) is 3.13. The summed E-state index contributed by atoms with van der Waals surface area (Å²) in [6.07, 6.45) is 4.88. The van der Waals surface area contributed by atoms with Crippen molar-refractivity contribution < 1.29 is 0 Å². The fourth-order valence-electron chi connectivity index (χ4n) is 1.58. The van der Waals surface area contributed by atoms with Crippen molar-refractivity contribution in [1.29, 1.82) is 0 Å². The van der Waals surface area contributed by atoms with Gasteiger partial charge in [0, 0.05) is 23.5 Å². The van der Waals surface area contributed by atoms with E-state index in [4.69, 9.17) is 5.84 Å². The maximum atomic E-state index is 11.1. The predicted molar refractivity (Wildman–Crippen MR) is 77.0 cm³/mol. The Morgan fingerprint density at radius 2 is 2.19 bits per heavy atom. The van der Waals surface area contributed by atoms with E-state index in [1.165, 1.54) is 0 Å². The number of anilines is 2. The highest BCUT2D eigenvalue weighted by molar-refractivity contribution is 7.07. The molecule has 21 heavy (non-hydrogen) atoms. The van der Waals surface area contributed by atoms with Crippen LogP contribution in [0.3, 0.4) is 0 Å². The van der Waals surface area contributed by atoms with E-state index in [-0.39, 0.29) is 10.8 Å². The van der Waals surface area contributed by atoms with Crippen LogP contribution in [0.5, 0.6) is 0 Å². The second kappa shape index (κ2) is 5.68. The molecule has 3 rings (SSSR count). The number of aromatic amines is 1. The molecule has 0 aromatic carbocycles. The molecule has 0 amide bonds. The first-order valence-corrected chi connectivity index (χ1v) is 6.74. The minimum absolute atomic E-state index is 0.106. The van der Waals surface area contributed by atoms with Crippen LogP contribution in [0, 0.1) is 0 Å². The average molecular weight is 305 g/mol. The molecule has 3 aromatic rings. The summed E-state index contributed by atoms with van der Waals surface area (Å²) in [5, 5.41) is 4.73. The molecule has 0 spiro atoms. The zero-order valence-electron chi connectivity index (χ0n) is 10.6. The van der Waals surface area contributed by atoms with Gasteiger partial charge >= 0.3 is 4.87 Å². The van der Waals surface area contributed by atoms with Gasteiger partial charge in [0.2, 0.25) is 17.8 Å². The third-order valence-corrected chi connectivity index (χ3v) is 3.21. The lowest BCUT2D eigenvalue weighted by Crippen LogP contribution is -2.15. The summed E-state index contributed by atoms with van der Waals surface area (Å²) in [7, 11) is 0. The molecule has 0 fully saturated rings.